The van der Waals surface area contributed by atoms with E-state index in [9.17, 15) is 9.59 Å². The summed E-state index contributed by atoms with van der Waals surface area (Å²) in [6.07, 6.45) is 2.69. The molecule has 26 heavy (non-hydrogen) atoms. The molecule has 0 unspecified atom stereocenters. The molecule has 4 nitrogen and oxygen atoms in total. The second-order valence-electron chi connectivity index (χ2n) is 7.33. The highest BCUT2D eigenvalue weighted by Crippen LogP contribution is 2.35. The summed E-state index contributed by atoms with van der Waals surface area (Å²) >= 11 is 0. The molecule has 0 spiro atoms. The Balaban J connectivity index is 1.82. The van der Waals surface area contributed by atoms with E-state index in [2.05, 4.69) is 6.92 Å². The molecule has 0 atom stereocenters. The first kappa shape index (κ1) is 17.9. The summed E-state index contributed by atoms with van der Waals surface area (Å²) in [5.74, 6) is 0.529. The fourth-order valence-electron chi connectivity index (χ4n) is 2.49. The van der Waals surface area contributed by atoms with Crippen molar-refractivity contribution >= 4 is 17.8 Å². The van der Waals surface area contributed by atoms with Gasteiger partial charge in [0.1, 0.15) is 11.5 Å². The fourth-order valence-corrected chi connectivity index (χ4v) is 2.49. The van der Waals surface area contributed by atoms with Gasteiger partial charge in [0.15, 0.2) is 5.76 Å². The summed E-state index contributed by atoms with van der Waals surface area (Å²) in [7, 11) is 0. The average Bonchev–Trinajstić information content (AvgIpc) is 2.90. The lowest BCUT2D eigenvalue weighted by molar-refractivity contribution is -0.143. The van der Waals surface area contributed by atoms with Crippen molar-refractivity contribution in [3.05, 3.63) is 64.9 Å². The summed E-state index contributed by atoms with van der Waals surface area (Å²) in [6.45, 7) is 7.45. The van der Waals surface area contributed by atoms with Gasteiger partial charge in [-0.15, -0.1) is 0 Å². The molecule has 0 saturated carbocycles. The van der Waals surface area contributed by atoms with Crippen molar-refractivity contribution in [3.8, 4) is 11.5 Å². The molecule has 0 bridgehead atoms. The van der Waals surface area contributed by atoms with Crippen LogP contribution in [0.25, 0.3) is 6.08 Å². The van der Waals surface area contributed by atoms with Crippen LogP contribution in [0.4, 0.5) is 0 Å². The predicted octanol–water partition coefficient (Wildman–Crippen LogP) is 4.82. The molecule has 1 aliphatic heterocycles. The van der Waals surface area contributed by atoms with Crippen LogP contribution < -0.4 is 9.47 Å². The molecule has 1 aliphatic rings. The van der Waals surface area contributed by atoms with E-state index in [1.54, 1.807) is 45.0 Å². The Morgan fingerprint density at radius 1 is 1.12 bits per heavy atom. The Hall–Kier alpha value is -2.88. The summed E-state index contributed by atoms with van der Waals surface area (Å²) in [5, 5.41) is 0. The number of hydrogen-bond donors (Lipinski definition) is 0. The van der Waals surface area contributed by atoms with Crippen LogP contribution in [0, 0.1) is 5.41 Å². The van der Waals surface area contributed by atoms with Crippen molar-refractivity contribution < 1.29 is 19.1 Å². The van der Waals surface area contributed by atoms with Gasteiger partial charge >= 0.3 is 5.97 Å². The molecule has 0 aromatic heterocycles. The zero-order chi connectivity index (χ0) is 18.9. The van der Waals surface area contributed by atoms with Crippen molar-refractivity contribution in [3.63, 3.8) is 0 Å². The number of ketones is 1. The van der Waals surface area contributed by atoms with Gasteiger partial charge in [-0.2, -0.15) is 0 Å². The molecular formula is C22H22O4. The zero-order valence-corrected chi connectivity index (χ0v) is 15.5. The van der Waals surface area contributed by atoms with Crippen LogP contribution >= 0.6 is 0 Å². The molecule has 2 aromatic rings. The maximum Gasteiger partial charge on any atom is 0.316 e. The van der Waals surface area contributed by atoms with Gasteiger partial charge in [-0.25, -0.2) is 0 Å². The van der Waals surface area contributed by atoms with Crippen LogP contribution in [0.3, 0.4) is 0 Å². The predicted molar refractivity (Wildman–Crippen MR) is 100 cm³/mol. The van der Waals surface area contributed by atoms with E-state index in [1.807, 2.05) is 24.3 Å². The smallest absolute Gasteiger partial charge is 0.316 e. The van der Waals surface area contributed by atoms with Gasteiger partial charge in [0.25, 0.3) is 0 Å². The highest BCUT2D eigenvalue weighted by molar-refractivity contribution is 6.14. The molecule has 1 heterocycles. The van der Waals surface area contributed by atoms with Gasteiger partial charge in [-0.05, 0) is 56.5 Å². The fraction of sp³-hybridized carbons (Fsp3) is 0.273. The Morgan fingerprint density at radius 3 is 2.42 bits per heavy atom. The molecular weight excluding hydrogens is 328 g/mol. The molecule has 134 valence electrons. The molecule has 2 aromatic carbocycles. The summed E-state index contributed by atoms with van der Waals surface area (Å²) < 4.78 is 11.1. The van der Waals surface area contributed by atoms with E-state index in [-0.39, 0.29) is 17.5 Å². The van der Waals surface area contributed by atoms with Crippen LogP contribution in [0.15, 0.2) is 48.2 Å². The van der Waals surface area contributed by atoms with Gasteiger partial charge < -0.3 is 9.47 Å². The molecule has 0 saturated heterocycles. The minimum absolute atomic E-state index is 0.173. The lowest BCUT2D eigenvalue weighted by Crippen LogP contribution is -2.25. The minimum Gasteiger partial charge on any atom is -0.452 e. The molecule has 0 fully saturated rings. The van der Waals surface area contributed by atoms with E-state index in [1.165, 1.54) is 5.56 Å². The van der Waals surface area contributed by atoms with Crippen molar-refractivity contribution in [2.24, 2.45) is 5.41 Å². The summed E-state index contributed by atoms with van der Waals surface area (Å²) in [5.41, 5.74) is 2.00. The number of hydrogen-bond acceptors (Lipinski definition) is 4. The number of carbonyl (C=O) groups is 2. The largest absolute Gasteiger partial charge is 0.452 e. The molecule has 3 rings (SSSR count). The molecule has 0 radical (unpaired) electrons. The lowest BCUT2D eigenvalue weighted by Gasteiger charge is -2.16. The number of ether oxygens (including phenoxy) is 2. The van der Waals surface area contributed by atoms with Crippen molar-refractivity contribution in [2.75, 3.05) is 0 Å². The number of rotatable bonds is 3. The summed E-state index contributed by atoms with van der Waals surface area (Å²) in [4.78, 5) is 24.5. The van der Waals surface area contributed by atoms with E-state index in [0.29, 0.717) is 17.1 Å². The van der Waals surface area contributed by atoms with Crippen LogP contribution in [0.5, 0.6) is 11.5 Å². The van der Waals surface area contributed by atoms with Crippen LogP contribution in [-0.2, 0) is 11.2 Å². The number of benzene rings is 2. The first-order valence-corrected chi connectivity index (χ1v) is 8.67. The van der Waals surface area contributed by atoms with E-state index >= 15 is 0 Å². The van der Waals surface area contributed by atoms with Gasteiger partial charge in [0, 0.05) is 6.07 Å². The third-order valence-electron chi connectivity index (χ3n) is 4.15. The van der Waals surface area contributed by atoms with Gasteiger partial charge in [-0.1, -0.05) is 31.2 Å². The van der Waals surface area contributed by atoms with Crippen molar-refractivity contribution in [2.45, 2.75) is 34.1 Å². The van der Waals surface area contributed by atoms with Crippen molar-refractivity contribution in [1.82, 2.24) is 0 Å². The topological polar surface area (TPSA) is 52.6 Å². The number of aryl methyl sites for hydroxylation is 1. The third-order valence-corrected chi connectivity index (χ3v) is 4.15. The first-order valence-electron chi connectivity index (χ1n) is 8.67. The standard InChI is InChI=1S/C22H22O4/c1-5-14-6-8-15(9-7-14)12-19-20(23)17-11-10-16(13-18(17)26-19)25-21(24)22(2,3)4/h6-13H,5H2,1-4H3. The van der Waals surface area contributed by atoms with Crippen LogP contribution in [-0.4, -0.2) is 11.8 Å². The number of carbonyl (C=O) groups excluding carboxylic acids is 2. The minimum atomic E-state index is -0.606. The third kappa shape index (κ3) is 3.69. The number of esters is 1. The average molecular weight is 350 g/mol. The second-order valence-corrected chi connectivity index (χ2v) is 7.33. The van der Waals surface area contributed by atoms with E-state index in [0.717, 1.165) is 12.0 Å². The first-order chi connectivity index (χ1) is 12.3. The van der Waals surface area contributed by atoms with Crippen molar-refractivity contribution in [1.29, 1.82) is 0 Å². The Kier molecular flexibility index (Phi) is 4.68. The van der Waals surface area contributed by atoms with E-state index < -0.39 is 5.41 Å². The zero-order valence-electron chi connectivity index (χ0n) is 15.5. The van der Waals surface area contributed by atoms with Gasteiger partial charge in [0.05, 0.1) is 11.0 Å². The molecule has 4 heteroatoms. The van der Waals surface area contributed by atoms with Crippen LogP contribution in [0.1, 0.15) is 49.2 Å². The molecule has 0 aliphatic carbocycles. The SMILES string of the molecule is CCc1ccc(C=C2Oc3cc(OC(=O)C(C)(C)C)ccc3C2=O)cc1. The highest BCUT2D eigenvalue weighted by Gasteiger charge is 2.29. The second kappa shape index (κ2) is 6.79. The number of allylic oxidation sites excluding steroid dienone is 1. The summed E-state index contributed by atoms with van der Waals surface area (Å²) in [6, 6.07) is 12.8. The lowest BCUT2D eigenvalue weighted by atomic mass is 9.97. The van der Waals surface area contributed by atoms with Gasteiger partial charge in [-0.3, -0.25) is 9.59 Å². The Labute approximate surface area is 153 Å². The maximum absolute atomic E-state index is 12.5. The molecule has 0 N–H and O–H groups in total. The maximum atomic E-state index is 12.5. The quantitative estimate of drug-likeness (QED) is 0.452. The van der Waals surface area contributed by atoms with Crippen LogP contribution in [0.2, 0.25) is 0 Å². The monoisotopic (exact) mass is 350 g/mol. The van der Waals surface area contributed by atoms with Gasteiger partial charge in [0.2, 0.25) is 5.78 Å². The Bertz CT molecular complexity index is 883. The normalized spacial score (nSPS) is 14.9. The number of Topliss-reactive ketones (excluding diaryl/α,β-unsaturated/α-hetero) is 1. The highest BCUT2D eigenvalue weighted by atomic mass is 16.5. The Morgan fingerprint density at radius 2 is 1.81 bits per heavy atom. The number of fused-ring (bicyclic) bond motifs is 1. The van der Waals surface area contributed by atoms with E-state index in [4.69, 9.17) is 9.47 Å². The molecule has 0 amide bonds.